The van der Waals surface area contributed by atoms with Crippen LogP contribution in [0.25, 0.3) is 0 Å². The molecule has 1 amide bonds. The van der Waals surface area contributed by atoms with Gasteiger partial charge in [0.2, 0.25) is 5.91 Å². The van der Waals surface area contributed by atoms with Crippen LogP contribution in [0.3, 0.4) is 0 Å². The van der Waals surface area contributed by atoms with Gasteiger partial charge in [0.05, 0.1) is 12.8 Å². The predicted octanol–water partition coefficient (Wildman–Crippen LogP) is 5.17. The van der Waals surface area contributed by atoms with E-state index in [2.05, 4.69) is 51.1 Å². The average molecular weight is 472 g/mol. The van der Waals surface area contributed by atoms with Crippen molar-refractivity contribution in [2.24, 2.45) is 0 Å². The number of piperazine rings is 1. The fraction of sp³-hybridized carbons (Fsp3) is 0.519. The van der Waals surface area contributed by atoms with Gasteiger partial charge in [-0.05, 0) is 55.5 Å². The van der Waals surface area contributed by atoms with Gasteiger partial charge in [0.15, 0.2) is 0 Å². The first-order valence-corrected chi connectivity index (χ1v) is 12.2. The van der Waals surface area contributed by atoms with E-state index in [1.165, 1.54) is 42.6 Å². The van der Waals surface area contributed by atoms with Gasteiger partial charge in [0.1, 0.15) is 5.75 Å². The van der Waals surface area contributed by atoms with E-state index >= 15 is 0 Å². The topological polar surface area (TPSA) is 36.0 Å². The molecular formula is C27H38ClN3O2. The van der Waals surface area contributed by atoms with Gasteiger partial charge in [0.25, 0.3) is 0 Å². The van der Waals surface area contributed by atoms with Crippen LogP contribution in [0.15, 0.2) is 48.5 Å². The van der Waals surface area contributed by atoms with Crippen LogP contribution >= 0.6 is 12.4 Å². The number of aryl methyl sites for hydroxylation is 1. The third-order valence-corrected chi connectivity index (χ3v) is 6.82. The fourth-order valence-corrected chi connectivity index (χ4v) is 4.89. The summed E-state index contributed by atoms with van der Waals surface area (Å²) >= 11 is 0. The van der Waals surface area contributed by atoms with Crippen LogP contribution in [-0.2, 0) is 11.2 Å². The van der Waals surface area contributed by atoms with Crippen LogP contribution < -0.4 is 14.5 Å². The maximum Gasteiger partial charge on any atom is 0.222 e. The molecule has 0 radical (unpaired) electrons. The van der Waals surface area contributed by atoms with Gasteiger partial charge in [-0.3, -0.25) is 4.79 Å². The number of para-hydroxylation sites is 2. The summed E-state index contributed by atoms with van der Waals surface area (Å²) in [6.45, 7) is 5.89. The van der Waals surface area contributed by atoms with E-state index in [1.807, 2.05) is 12.1 Å². The van der Waals surface area contributed by atoms with E-state index in [1.54, 1.807) is 7.11 Å². The second-order valence-corrected chi connectivity index (χ2v) is 8.96. The molecule has 0 saturated carbocycles. The van der Waals surface area contributed by atoms with E-state index in [9.17, 15) is 4.79 Å². The van der Waals surface area contributed by atoms with Gasteiger partial charge in [-0.1, -0.05) is 37.1 Å². The third-order valence-electron chi connectivity index (χ3n) is 6.82. The van der Waals surface area contributed by atoms with E-state index < -0.39 is 0 Å². The van der Waals surface area contributed by atoms with Crippen molar-refractivity contribution >= 4 is 29.7 Å². The lowest BCUT2D eigenvalue weighted by atomic mass is 10.1. The lowest BCUT2D eigenvalue weighted by molar-refractivity contribution is -0.131. The number of hydrogen-bond acceptors (Lipinski definition) is 4. The summed E-state index contributed by atoms with van der Waals surface area (Å²) in [7, 11) is 1.74. The second kappa shape index (κ2) is 12.7. The molecule has 2 aliphatic heterocycles. The summed E-state index contributed by atoms with van der Waals surface area (Å²) in [6, 6.07) is 17.2. The highest BCUT2D eigenvalue weighted by Crippen LogP contribution is 2.29. The van der Waals surface area contributed by atoms with Crippen LogP contribution in [-0.4, -0.2) is 57.2 Å². The highest BCUT2D eigenvalue weighted by atomic mass is 35.5. The maximum absolute atomic E-state index is 12.5. The molecule has 6 heteroatoms. The van der Waals surface area contributed by atoms with Crippen LogP contribution in [0, 0.1) is 0 Å². The van der Waals surface area contributed by atoms with Crippen LogP contribution in [0.1, 0.15) is 44.1 Å². The summed E-state index contributed by atoms with van der Waals surface area (Å²) in [6.07, 6.45) is 7.46. The van der Waals surface area contributed by atoms with Crippen molar-refractivity contribution in [2.75, 3.05) is 56.2 Å². The summed E-state index contributed by atoms with van der Waals surface area (Å²) in [5.41, 5.74) is 3.79. The Balaban J connectivity index is 0.00000306. The Hall–Kier alpha value is -2.40. The minimum absolute atomic E-state index is 0. The number of likely N-dealkylation sites (tertiary alicyclic amines) is 1. The van der Waals surface area contributed by atoms with E-state index in [4.69, 9.17) is 4.74 Å². The Morgan fingerprint density at radius 1 is 0.818 bits per heavy atom. The zero-order valence-corrected chi connectivity index (χ0v) is 20.7. The molecular weight excluding hydrogens is 434 g/mol. The normalized spacial score (nSPS) is 16.7. The fourth-order valence-electron chi connectivity index (χ4n) is 4.89. The first-order chi connectivity index (χ1) is 15.7. The van der Waals surface area contributed by atoms with Gasteiger partial charge in [0, 0.05) is 51.4 Å². The van der Waals surface area contributed by atoms with Crippen molar-refractivity contribution < 1.29 is 9.53 Å². The molecule has 0 aliphatic carbocycles. The number of anilines is 2. The molecule has 0 aromatic heterocycles. The van der Waals surface area contributed by atoms with Gasteiger partial charge >= 0.3 is 0 Å². The third kappa shape index (κ3) is 6.80. The summed E-state index contributed by atoms with van der Waals surface area (Å²) in [4.78, 5) is 19.4. The molecule has 0 bridgehead atoms. The van der Waals surface area contributed by atoms with Crippen LogP contribution in [0.4, 0.5) is 11.4 Å². The number of carbonyl (C=O) groups excluding carboxylic acids is 1. The summed E-state index contributed by atoms with van der Waals surface area (Å²) in [5.74, 6) is 1.29. The van der Waals surface area contributed by atoms with E-state index in [0.29, 0.717) is 12.3 Å². The molecule has 2 aromatic carbocycles. The molecule has 2 heterocycles. The maximum atomic E-state index is 12.5. The first kappa shape index (κ1) is 25.2. The Kier molecular flexibility index (Phi) is 9.74. The summed E-state index contributed by atoms with van der Waals surface area (Å²) in [5, 5.41) is 0. The minimum atomic E-state index is 0. The number of rotatable bonds is 7. The molecule has 2 aromatic rings. The number of ether oxygens (including phenoxy) is 1. The van der Waals surface area contributed by atoms with Gasteiger partial charge in [-0.25, -0.2) is 0 Å². The van der Waals surface area contributed by atoms with Crippen LogP contribution in [0.2, 0.25) is 0 Å². The molecule has 2 saturated heterocycles. The van der Waals surface area contributed by atoms with Crippen molar-refractivity contribution in [3.8, 4) is 5.75 Å². The SMILES string of the molecule is COc1ccccc1N1CCN(c2ccc(CCCC(=O)N3CCCCCC3)cc2)CC1.Cl. The Bertz CT molecular complexity index is 858. The number of halogens is 1. The van der Waals surface area contributed by atoms with Gasteiger partial charge in [-0.15, -0.1) is 12.4 Å². The predicted molar refractivity (Wildman–Crippen MR) is 139 cm³/mol. The van der Waals surface area contributed by atoms with Crippen molar-refractivity contribution in [3.63, 3.8) is 0 Å². The number of hydrogen-bond donors (Lipinski definition) is 0. The molecule has 2 aliphatic rings. The number of amides is 1. The Morgan fingerprint density at radius 2 is 1.45 bits per heavy atom. The smallest absolute Gasteiger partial charge is 0.222 e. The van der Waals surface area contributed by atoms with Gasteiger partial charge < -0.3 is 19.4 Å². The molecule has 2 fully saturated rings. The van der Waals surface area contributed by atoms with E-state index in [0.717, 1.165) is 57.9 Å². The molecule has 4 rings (SSSR count). The largest absolute Gasteiger partial charge is 0.495 e. The molecule has 0 spiro atoms. The number of carbonyl (C=O) groups is 1. The lowest BCUT2D eigenvalue weighted by Gasteiger charge is -2.37. The monoisotopic (exact) mass is 471 g/mol. The quantitative estimate of drug-likeness (QED) is 0.558. The average Bonchev–Trinajstić information content (AvgIpc) is 3.14. The Labute approximate surface area is 205 Å². The first-order valence-electron chi connectivity index (χ1n) is 12.2. The summed E-state index contributed by atoms with van der Waals surface area (Å²) < 4.78 is 5.53. The lowest BCUT2D eigenvalue weighted by Crippen LogP contribution is -2.46. The van der Waals surface area contributed by atoms with Gasteiger partial charge in [-0.2, -0.15) is 0 Å². The second-order valence-electron chi connectivity index (χ2n) is 8.96. The molecule has 180 valence electrons. The van der Waals surface area contributed by atoms with E-state index in [-0.39, 0.29) is 12.4 Å². The van der Waals surface area contributed by atoms with Crippen molar-refractivity contribution in [1.29, 1.82) is 0 Å². The van der Waals surface area contributed by atoms with Crippen molar-refractivity contribution in [2.45, 2.75) is 44.9 Å². The van der Waals surface area contributed by atoms with Crippen molar-refractivity contribution in [3.05, 3.63) is 54.1 Å². The molecule has 0 N–H and O–H groups in total. The number of nitrogens with zero attached hydrogens (tertiary/aromatic N) is 3. The number of benzene rings is 2. The Morgan fingerprint density at radius 3 is 2.12 bits per heavy atom. The standard InChI is InChI=1S/C27H37N3O2.ClH/c1-32-26-11-5-4-10-25(26)29-21-19-28(20-22-29)24-15-13-23(14-16-24)9-8-12-27(31)30-17-6-2-3-7-18-30;/h4-5,10-11,13-16H,2-3,6-9,12,17-22H2,1H3;1H. The molecule has 5 nitrogen and oxygen atoms in total. The highest BCUT2D eigenvalue weighted by Gasteiger charge is 2.20. The highest BCUT2D eigenvalue weighted by molar-refractivity contribution is 5.85. The molecule has 0 unspecified atom stereocenters. The van der Waals surface area contributed by atoms with Crippen LogP contribution in [0.5, 0.6) is 5.75 Å². The number of methoxy groups -OCH3 is 1. The molecule has 0 atom stereocenters. The van der Waals surface area contributed by atoms with Crippen molar-refractivity contribution in [1.82, 2.24) is 4.90 Å². The zero-order chi connectivity index (χ0) is 22.2. The molecule has 33 heavy (non-hydrogen) atoms. The zero-order valence-electron chi connectivity index (χ0n) is 19.9. The minimum Gasteiger partial charge on any atom is -0.495 e.